The topological polar surface area (TPSA) is 438 Å². The molecule has 7 aliphatic rings. The molecule has 1 aliphatic carbocycles. The second kappa shape index (κ2) is 47.3. The number of aromatic nitrogens is 10. The number of nitrogen functional groups attached to an aromatic ring is 1. The number of H-pyrrole nitrogens is 1. The molecule has 720 valence electrons. The molecule has 36 heteroatoms. The summed E-state index contributed by atoms with van der Waals surface area (Å²) in [5.41, 5.74) is 15.9. The van der Waals surface area contributed by atoms with E-state index < -0.39 is 77.9 Å². The molecule has 3 saturated heterocycles. The first-order valence-corrected chi connectivity index (χ1v) is 47.3. The van der Waals surface area contributed by atoms with Gasteiger partial charge in [0.1, 0.15) is 59.7 Å². The number of pyridine rings is 1. The van der Waals surface area contributed by atoms with Gasteiger partial charge in [-0.3, -0.25) is 28.8 Å². The number of aliphatic hydroxyl groups is 2. The van der Waals surface area contributed by atoms with Gasteiger partial charge in [0, 0.05) is 158 Å². The number of anilines is 3. The van der Waals surface area contributed by atoms with E-state index in [2.05, 4.69) is 58.3 Å². The van der Waals surface area contributed by atoms with E-state index in [0.29, 0.717) is 228 Å². The number of nitrogens with zero attached hydrogens (tertiary/aromatic N) is 14. The molecule has 36 nitrogen and oxygen atoms in total. The van der Waals surface area contributed by atoms with Crippen molar-refractivity contribution < 1.29 is 91.2 Å². The van der Waals surface area contributed by atoms with Gasteiger partial charge in [-0.1, -0.05) is 75.4 Å². The summed E-state index contributed by atoms with van der Waals surface area (Å²) >= 11 is 0. The largest absolute Gasteiger partial charge is 0.460 e. The number of carbonyl (C=O) groups excluding carboxylic acids is 8. The standard InChI is InChI=1S/C98H129N17O19/c1-62-14-9-8-10-15-63(2)81(126-6)53-77-16-13-30-98(125,134-77)88(120)93(122)114-33-12-11-17-79(114)94(123)132-76(52-80(116)64(3)49-66(5)86(119)87(127-7)85(118)65(4)48-62)25-21-67-19-23-75(24-20-67)133-97(124)113-35-28-78-74(60-113)57-105-96(108-78)111-38-36-110(37-39-111)95-103-55-73(56-104-95)92(121)101-32-41-129-43-45-131-47-46-130-44-42-128-40-29-82(117)112-34-27-69-50-68(18-22-71(69)59-112)58-115-91-83(89(99)106-61-107-91)84(109-115)72-51-70-26-31-100-90(70)102-54-72/h8-10,14-15,18,22,26,31,49-51,54-57,61-62,64-65,67,75-77,79,81,86-87,119,125H,11-13,16-17,19-21,23-25,27-30,32-48,52-53,58-60H2,1-7H3,(H,100,102)(H,101,121)(H2,99,106,107)/b10-8?,14-9+,63-15?,66-49+/t62-,64-,65-,67?,75?,76-,77?,79+,81+,86-,87+,98-/m1/s1. The highest BCUT2D eigenvalue weighted by Crippen LogP contribution is 2.38. The first kappa shape index (κ1) is 98.8. The van der Waals surface area contributed by atoms with Crippen molar-refractivity contribution in [2.45, 2.75) is 218 Å². The number of cyclic esters (lactones) is 1. The number of amides is 4. The quantitative estimate of drug-likeness (QED) is 0.0138. The monoisotopic (exact) mass is 1850 g/mol. The Labute approximate surface area is 780 Å². The number of carbonyl (C=O) groups is 8. The van der Waals surface area contributed by atoms with Crippen LogP contribution in [0.4, 0.5) is 22.5 Å². The van der Waals surface area contributed by atoms with Gasteiger partial charge >= 0.3 is 12.1 Å². The van der Waals surface area contributed by atoms with Crippen molar-refractivity contribution in [3.63, 3.8) is 0 Å². The lowest BCUT2D eigenvalue weighted by atomic mass is 9.83. The number of fused-ring (bicyclic) bond motifs is 7. The number of rotatable bonds is 27. The predicted molar refractivity (Wildman–Crippen MR) is 496 cm³/mol. The van der Waals surface area contributed by atoms with E-state index in [0.717, 1.165) is 51.0 Å². The number of ether oxygens (including phenoxy) is 9. The molecule has 1 aromatic carbocycles. The highest BCUT2D eigenvalue weighted by molar-refractivity contribution is 6.39. The molecule has 6 aromatic heterocycles. The van der Waals surface area contributed by atoms with Crippen molar-refractivity contribution in [1.29, 1.82) is 0 Å². The lowest BCUT2D eigenvalue weighted by Crippen LogP contribution is -2.58. The van der Waals surface area contributed by atoms with Crippen molar-refractivity contribution in [3.8, 4) is 11.3 Å². The van der Waals surface area contributed by atoms with Gasteiger partial charge < -0.3 is 93.4 Å². The van der Waals surface area contributed by atoms with E-state index in [-0.39, 0.29) is 93.1 Å². The second-order valence-corrected chi connectivity index (χ2v) is 36.3. The summed E-state index contributed by atoms with van der Waals surface area (Å²) in [7, 11) is 2.94. The summed E-state index contributed by atoms with van der Waals surface area (Å²) < 4.78 is 54.6. The first-order chi connectivity index (χ1) is 64.9. The normalized spacial score (nSPS) is 25.4. The Bertz CT molecular complexity index is 5360. The van der Waals surface area contributed by atoms with E-state index >= 15 is 0 Å². The average molecular weight is 1850 g/mol. The van der Waals surface area contributed by atoms with Crippen molar-refractivity contribution in [2.24, 2.45) is 23.7 Å². The van der Waals surface area contributed by atoms with Crippen LogP contribution in [0.5, 0.6) is 0 Å². The van der Waals surface area contributed by atoms with Crippen LogP contribution in [0.1, 0.15) is 176 Å². The van der Waals surface area contributed by atoms with Gasteiger partial charge in [-0.05, 0) is 149 Å². The fourth-order valence-corrected chi connectivity index (χ4v) is 18.9. The minimum atomic E-state index is -2.43. The minimum absolute atomic E-state index is 0.0120. The molecular weight excluding hydrogens is 1720 g/mol. The number of allylic oxidation sites excluding steroid dienone is 6. The lowest BCUT2D eigenvalue weighted by Gasteiger charge is -2.39. The summed E-state index contributed by atoms with van der Waals surface area (Å²) in [6.45, 7) is 16.8. The Morgan fingerprint density at radius 3 is 2.18 bits per heavy atom. The summed E-state index contributed by atoms with van der Waals surface area (Å²) in [6, 6.07) is 9.15. The smallest absolute Gasteiger partial charge is 0.410 e. The maximum atomic E-state index is 14.6. The van der Waals surface area contributed by atoms with Gasteiger partial charge in [-0.25, -0.2) is 49.2 Å². The van der Waals surface area contributed by atoms with Crippen molar-refractivity contribution >= 4 is 86.9 Å². The Morgan fingerprint density at radius 2 is 1.43 bits per heavy atom. The molecule has 10 atom stereocenters. The van der Waals surface area contributed by atoms with Crippen molar-refractivity contribution in [3.05, 3.63) is 149 Å². The number of aromatic amines is 1. The fourth-order valence-electron chi connectivity index (χ4n) is 18.9. The third kappa shape index (κ3) is 25.7. The Kier molecular flexibility index (Phi) is 34.9. The van der Waals surface area contributed by atoms with Crippen LogP contribution in [-0.4, -0.2) is 290 Å². The van der Waals surface area contributed by atoms with Crippen LogP contribution in [0.15, 0.2) is 115 Å². The number of ketones is 3. The van der Waals surface area contributed by atoms with Crippen LogP contribution < -0.4 is 20.9 Å². The summed E-state index contributed by atoms with van der Waals surface area (Å²) in [5.74, 6) is -5.95. The van der Waals surface area contributed by atoms with E-state index in [4.69, 9.17) is 63.4 Å². The predicted octanol–water partition coefficient (Wildman–Crippen LogP) is 9.26. The molecule has 6 aliphatic heterocycles. The number of nitrogens with one attached hydrogen (secondary N) is 2. The average Bonchev–Trinajstić information content (AvgIpc) is 1.61. The van der Waals surface area contributed by atoms with E-state index in [1.165, 1.54) is 36.3 Å². The SMILES string of the molecule is CO[C@H]1CC2CCC[C@@](O)(O2)C(=O)C(=O)N2CCCC[C@H]2C(=O)O[C@H](CCC2CCC(OC(=O)N3CCc4nc(N5CCN(c6ncc(C(=O)NCCOCCOCCOCCOCCC(=O)N7CCc8cc(Cn9nc(-c%10cnc%11[nH]ccc%11c%10)c%10c(N)ncnc%109)ccc8C7)cn6)CC5)ncc4C3)CC2)CC(=O)[C@H](C)/C=C(\C)[C@@H](O)[C@@H](OC)C(=O)[C@H](C)C[C@H](C)/C=C/C=CC=C1C. The number of piperazine rings is 1. The number of methoxy groups -OCH3 is 2. The Balaban J connectivity index is 0.462. The Morgan fingerprint density at radius 1 is 0.701 bits per heavy atom. The van der Waals surface area contributed by atoms with Crippen LogP contribution >= 0.6 is 0 Å². The number of benzene rings is 1. The molecule has 4 amide bonds. The van der Waals surface area contributed by atoms with E-state index in [1.54, 1.807) is 44.3 Å². The van der Waals surface area contributed by atoms with Crippen LogP contribution in [0, 0.1) is 23.7 Å². The van der Waals surface area contributed by atoms with Crippen molar-refractivity contribution in [1.82, 2.24) is 69.7 Å². The zero-order chi connectivity index (χ0) is 94.4. The molecule has 6 N–H and O–H groups in total. The highest BCUT2D eigenvalue weighted by Gasteiger charge is 2.50. The molecule has 12 heterocycles. The molecule has 0 spiro atoms. The summed E-state index contributed by atoms with van der Waals surface area (Å²) in [4.78, 5) is 156. The number of nitrogens with two attached hydrogens (primary N) is 1. The molecule has 4 fully saturated rings. The molecule has 1 unspecified atom stereocenters. The van der Waals surface area contributed by atoms with Crippen LogP contribution in [0.2, 0.25) is 0 Å². The number of piperidine rings is 1. The summed E-state index contributed by atoms with van der Waals surface area (Å²) in [5, 5.41) is 33.0. The third-order valence-corrected chi connectivity index (χ3v) is 26.7. The van der Waals surface area contributed by atoms with Gasteiger partial charge in [0.2, 0.25) is 23.6 Å². The molecule has 14 rings (SSSR count). The van der Waals surface area contributed by atoms with Gasteiger partial charge in [0.25, 0.3) is 17.6 Å². The Hall–Kier alpha value is -11.2. The molecule has 2 bridgehead atoms. The molecule has 134 heavy (non-hydrogen) atoms. The van der Waals surface area contributed by atoms with Crippen molar-refractivity contribution in [2.75, 3.05) is 135 Å². The molecule has 7 aromatic rings. The minimum Gasteiger partial charge on any atom is -0.460 e. The lowest BCUT2D eigenvalue weighted by molar-refractivity contribution is -0.245. The second-order valence-electron chi connectivity index (χ2n) is 36.3. The number of hydrogen-bond acceptors (Lipinski definition) is 30. The first-order valence-electron chi connectivity index (χ1n) is 47.3. The zero-order valence-electron chi connectivity index (χ0n) is 78.0. The summed E-state index contributed by atoms with van der Waals surface area (Å²) in [6.07, 6.45) is 23.3. The van der Waals surface area contributed by atoms with Gasteiger partial charge in [-0.2, -0.15) is 5.10 Å². The maximum absolute atomic E-state index is 14.6. The van der Waals surface area contributed by atoms with Gasteiger partial charge in [0.05, 0.1) is 101 Å². The van der Waals surface area contributed by atoms with Crippen LogP contribution in [0.3, 0.4) is 0 Å². The van der Waals surface area contributed by atoms with Crippen LogP contribution in [0.25, 0.3) is 33.3 Å². The van der Waals surface area contributed by atoms with Crippen LogP contribution in [-0.2, 0) is 104 Å². The molecular formula is C98H129N17O19. The zero-order valence-corrected chi connectivity index (χ0v) is 78.0. The maximum Gasteiger partial charge on any atom is 0.410 e. The number of Topliss-reactive ketones (excluding diaryl/α,β-unsaturated/α-hetero) is 3. The highest BCUT2D eigenvalue weighted by atomic mass is 16.6. The van der Waals surface area contributed by atoms with E-state index in [9.17, 15) is 48.6 Å². The van der Waals surface area contributed by atoms with Gasteiger partial charge in [0.15, 0.2) is 11.4 Å². The number of aliphatic hydroxyl groups excluding tert-OH is 1. The number of esters is 1. The van der Waals surface area contributed by atoms with Gasteiger partial charge in [-0.15, -0.1) is 0 Å². The third-order valence-electron chi connectivity index (χ3n) is 26.7. The molecule has 0 radical (unpaired) electrons. The molecule has 1 saturated carbocycles. The van der Waals surface area contributed by atoms with E-state index in [1.807, 2.05) is 84.0 Å². The number of hydrogen-bond donors (Lipinski definition) is 5. The fraction of sp³-hybridized carbons (Fsp3) is 0.571.